The van der Waals surface area contributed by atoms with E-state index in [9.17, 15) is 0 Å². The second-order valence-corrected chi connectivity index (χ2v) is 3.33. The number of hydrogen-bond acceptors (Lipinski definition) is 6. The SMILES string of the molecule is CCn1cc(-c2nc(N)nc(N)n2)nc1C. The van der Waals surface area contributed by atoms with Crippen LogP contribution in [0, 0.1) is 6.92 Å². The first-order valence-electron chi connectivity index (χ1n) is 4.91. The van der Waals surface area contributed by atoms with E-state index in [0.29, 0.717) is 11.5 Å². The number of nitrogens with two attached hydrogens (primary N) is 2. The maximum atomic E-state index is 5.50. The highest BCUT2D eigenvalue weighted by atomic mass is 15.2. The monoisotopic (exact) mass is 219 g/mol. The molecule has 2 rings (SSSR count). The van der Waals surface area contributed by atoms with Crippen molar-refractivity contribution in [2.24, 2.45) is 0 Å². The highest BCUT2D eigenvalue weighted by Gasteiger charge is 2.10. The van der Waals surface area contributed by atoms with E-state index in [4.69, 9.17) is 11.5 Å². The molecule has 0 aliphatic rings. The summed E-state index contributed by atoms with van der Waals surface area (Å²) < 4.78 is 1.99. The smallest absolute Gasteiger partial charge is 0.225 e. The van der Waals surface area contributed by atoms with Gasteiger partial charge in [0.1, 0.15) is 11.5 Å². The fourth-order valence-corrected chi connectivity index (χ4v) is 1.46. The fourth-order valence-electron chi connectivity index (χ4n) is 1.46. The van der Waals surface area contributed by atoms with Crippen LogP contribution in [0.15, 0.2) is 6.20 Å². The number of hydrogen-bond donors (Lipinski definition) is 2. The maximum Gasteiger partial charge on any atom is 0.225 e. The normalized spacial score (nSPS) is 10.6. The van der Waals surface area contributed by atoms with Gasteiger partial charge in [-0.2, -0.15) is 15.0 Å². The van der Waals surface area contributed by atoms with Crippen LogP contribution in [0.2, 0.25) is 0 Å². The van der Waals surface area contributed by atoms with Crippen LogP contribution in [0.25, 0.3) is 11.5 Å². The summed E-state index contributed by atoms with van der Waals surface area (Å²) in [6, 6.07) is 0. The number of nitrogen functional groups attached to an aromatic ring is 2. The average Bonchev–Trinajstić information content (AvgIpc) is 2.58. The van der Waals surface area contributed by atoms with Crippen molar-refractivity contribution >= 4 is 11.9 Å². The van der Waals surface area contributed by atoms with E-state index in [1.165, 1.54) is 0 Å². The second-order valence-electron chi connectivity index (χ2n) is 3.33. The molecule has 7 nitrogen and oxygen atoms in total. The molecule has 0 aromatic carbocycles. The zero-order valence-electron chi connectivity index (χ0n) is 9.18. The second kappa shape index (κ2) is 3.76. The van der Waals surface area contributed by atoms with Crippen molar-refractivity contribution in [2.75, 3.05) is 11.5 Å². The van der Waals surface area contributed by atoms with Gasteiger partial charge in [-0.25, -0.2) is 4.98 Å². The topological polar surface area (TPSA) is 109 Å². The molecule has 2 heterocycles. The average molecular weight is 219 g/mol. The van der Waals surface area contributed by atoms with Crippen molar-refractivity contribution in [3.8, 4) is 11.5 Å². The summed E-state index contributed by atoms with van der Waals surface area (Å²) in [5.74, 6) is 1.51. The molecular weight excluding hydrogens is 206 g/mol. The lowest BCUT2D eigenvalue weighted by atomic mass is 10.4. The molecule has 0 fully saturated rings. The number of aryl methyl sites for hydroxylation is 2. The summed E-state index contributed by atoms with van der Waals surface area (Å²) in [6.45, 7) is 4.80. The summed E-state index contributed by atoms with van der Waals surface area (Å²) in [5, 5.41) is 0. The zero-order chi connectivity index (χ0) is 11.7. The number of nitrogens with zero attached hydrogens (tertiary/aromatic N) is 5. The zero-order valence-corrected chi connectivity index (χ0v) is 9.18. The molecule has 7 heteroatoms. The van der Waals surface area contributed by atoms with Gasteiger partial charge in [0.15, 0.2) is 5.82 Å². The standard InChI is InChI=1S/C9H13N7/c1-3-16-4-6(12-5(16)2)7-13-8(10)15-9(11)14-7/h4H,3H2,1-2H3,(H4,10,11,13,14,15). The van der Waals surface area contributed by atoms with Gasteiger partial charge in [0.25, 0.3) is 0 Å². The molecule has 84 valence electrons. The van der Waals surface area contributed by atoms with Crippen molar-refractivity contribution < 1.29 is 0 Å². The summed E-state index contributed by atoms with van der Waals surface area (Å²) in [6.07, 6.45) is 1.86. The summed E-state index contributed by atoms with van der Waals surface area (Å²) in [7, 11) is 0. The van der Waals surface area contributed by atoms with Gasteiger partial charge in [0.05, 0.1) is 0 Å². The van der Waals surface area contributed by atoms with Crippen LogP contribution in [-0.4, -0.2) is 24.5 Å². The van der Waals surface area contributed by atoms with Gasteiger partial charge in [-0.05, 0) is 13.8 Å². The van der Waals surface area contributed by atoms with Gasteiger partial charge >= 0.3 is 0 Å². The predicted octanol–water partition coefficient (Wildman–Crippen LogP) is 0.228. The van der Waals surface area contributed by atoms with Crippen molar-refractivity contribution in [2.45, 2.75) is 20.4 Å². The largest absolute Gasteiger partial charge is 0.368 e. The molecule has 0 amide bonds. The van der Waals surface area contributed by atoms with E-state index >= 15 is 0 Å². The van der Waals surface area contributed by atoms with E-state index < -0.39 is 0 Å². The quantitative estimate of drug-likeness (QED) is 0.748. The van der Waals surface area contributed by atoms with E-state index in [2.05, 4.69) is 19.9 Å². The third-order valence-corrected chi connectivity index (χ3v) is 2.22. The number of imidazole rings is 1. The summed E-state index contributed by atoms with van der Waals surface area (Å²) in [4.78, 5) is 16.0. The molecular formula is C9H13N7. The van der Waals surface area contributed by atoms with Crippen LogP contribution in [-0.2, 0) is 6.54 Å². The van der Waals surface area contributed by atoms with Crippen LogP contribution >= 0.6 is 0 Å². The minimum Gasteiger partial charge on any atom is -0.368 e. The Bertz CT molecular complexity index is 496. The Morgan fingerprint density at radius 2 is 1.75 bits per heavy atom. The third kappa shape index (κ3) is 1.79. The van der Waals surface area contributed by atoms with E-state index in [0.717, 1.165) is 12.4 Å². The fraction of sp³-hybridized carbons (Fsp3) is 0.333. The van der Waals surface area contributed by atoms with Crippen LogP contribution in [0.3, 0.4) is 0 Å². The van der Waals surface area contributed by atoms with Gasteiger partial charge in [0.2, 0.25) is 11.9 Å². The molecule has 0 aliphatic carbocycles. The molecule has 2 aromatic rings. The molecule has 0 bridgehead atoms. The first kappa shape index (κ1) is 10.3. The van der Waals surface area contributed by atoms with Crippen molar-refractivity contribution in [3.63, 3.8) is 0 Å². The molecule has 0 unspecified atom stereocenters. The Kier molecular flexibility index (Phi) is 2.43. The molecule has 4 N–H and O–H groups in total. The Labute approximate surface area is 92.6 Å². The Balaban J connectivity index is 2.49. The summed E-state index contributed by atoms with van der Waals surface area (Å²) in [5.41, 5.74) is 11.6. The van der Waals surface area contributed by atoms with Gasteiger partial charge in [-0.1, -0.05) is 0 Å². The first-order chi connectivity index (χ1) is 7.60. The van der Waals surface area contributed by atoms with Crippen LogP contribution in [0.1, 0.15) is 12.7 Å². The molecule has 0 saturated carbocycles. The highest BCUT2D eigenvalue weighted by Crippen LogP contribution is 2.15. The van der Waals surface area contributed by atoms with Crippen LogP contribution < -0.4 is 11.5 Å². The van der Waals surface area contributed by atoms with Crippen molar-refractivity contribution in [1.82, 2.24) is 24.5 Å². The van der Waals surface area contributed by atoms with Gasteiger partial charge < -0.3 is 16.0 Å². The molecule has 0 spiro atoms. The minimum absolute atomic E-state index is 0.103. The van der Waals surface area contributed by atoms with E-state index in [-0.39, 0.29) is 11.9 Å². The van der Waals surface area contributed by atoms with Crippen molar-refractivity contribution in [1.29, 1.82) is 0 Å². The van der Waals surface area contributed by atoms with Gasteiger partial charge in [-0.3, -0.25) is 0 Å². The Hall–Kier alpha value is -2.18. The lowest BCUT2D eigenvalue weighted by Gasteiger charge is -1.98. The number of aromatic nitrogens is 5. The molecule has 0 saturated heterocycles. The lowest BCUT2D eigenvalue weighted by Crippen LogP contribution is -2.04. The maximum absolute atomic E-state index is 5.50. The van der Waals surface area contributed by atoms with Crippen LogP contribution in [0.5, 0.6) is 0 Å². The lowest BCUT2D eigenvalue weighted by molar-refractivity contribution is 0.730. The Morgan fingerprint density at radius 3 is 2.25 bits per heavy atom. The van der Waals surface area contributed by atoms with Crippen LogP contribution in [0.4, 0.5) is 11.9 Å². The molecule has 0 radical (unpaired) electrons. The predicted molar refractivity (Wildman–Crippen MR) is 60.3 cm³/mol. The number of anilines is 2. The van der Waals surface area contributed by atoms with Gasteiger partial charge in [0, 0.05) is 12.7 Å². The molecule has 0 atom stereocenters. The molecule has 2 aromatic heterocycles. The van der Waals surface area contributed by atoms with Gasteiger partial charge in [-0.15, -0.1) is 0 Å². The highest BCUT2D eigenvalue weighted by molar-refractivity contribution is 5.51. The Morgan fingerprint density at radius 1 is 1.12 bits per heavy atom. The molecule has 0 aliphatic heterocycles. The third-order valence-electron chi connectivity index (χ3n) is 2.22. The van der Waals surface area contributed by atoms with E-state index in [1.54, 1.807) is 0 Å². The summed E-state index contributed by atoms with van der Waals surface area (Å²) >= 11 is 0. The minimum atomic E-state index is 0.103. The van der Waals surface area contributed by atoms with E-state index in [1.807, 2.05) is 24.6 Å². The number of rotatable bonds is 2. The van der Waals surface area contributed by atoms with Crippen molar-refractivity contribution in [3.05, 3.63) is 12.0 Å². The first-order valence-corrected chi connectivity index (χ1v) is 4.91. The molecule has 16 heavy (non-hydrogen) atoms.